The number of likely N-dealkylation sites (N-methyl/N-ethyl adjacent to an activating group) is 1. The summed E-state index contributed by atoms with van der Waals surface area (Å²) in [5, 5.41) is 0. The SMILES string of the molecule is CCOC(=O)CN(C)Cc1cc(=O)n2ccc(C)cc2n1. The van der Waals surface area contributed by atoms with Crippen molar-refractivity contribution >= 4 is 11.6 Å². The molecule has 2 heterocycles. The van der Waals surface area contributed by atoms with Crippen LogP contribution in [0.3, 0.4) is 0 Å². The lowest BCUT2D eigenvalue weighted by molar-refractivity contribution is -0.144. The van der Waals surface area contributed by atoms with Crippen LogP contribution in [0.25, 0.3) is 5.65 Å². The summed E-state index contributed by atoms with van der Waals surface area (Å²) in [5.41, 5.74) is 2.16. The number of ether oxygens (including phenoxy) is 1. The van der Waals surface area contributed by atoms with Gasteiger partial charge in [0.1, 0.15) is 5.65 Å². The van der Waals surface area contributed by atoms with Crippen LogP contribution in [-0.4, -0.2) is 40.5 Å². The highest BCUT2D eigenvalue weighted by Crippen LogP contribution is 2.04. The van der Waals surface area contributed by atoms with E-state index in [1.807, 2.05) is 19.1 Å². The second kappa shape index (κ2) is 6.49. The number of rotatable bonds is 5. The van der Waals surface area contributed by atoms with Gasteiger partial charge in [0.15, 0.2) is 0 Å². The third kappa shape index (κ3) is 3.88. The molecule has 0 fully saturated rings. The molecule has 0 bridgehead atoms. The second-order valence-electron chi connectivity index (χ2n) is 5.00. The lowest BCUT2D eigenvalue weighted by atomic mass is 10.3. The summed E-state index contributed by atoms with van der Waals surface area (Å²) in [6, 6.07) is 5.21. The number of aryl methyl sites for hydroxylation is 1. The number of fused-ring (bicyclic) bond motifs is 1. The highest BCUT2D eigenvalue weighted by atomic mass is 16.5. The van der Waals surface area contributed by atoms with Gasteiger partial charge < -0.3 is 4.74 Å². The number of nitrogens with zero attached hydrogens (tertiary/aromatic N) is 3. The van der Waals surface area contributed by atoms with E-state index in [1.54, 1.807) is 25.1 Å². The van der Waals surface area contributed by atoms with Crippen molar-refractivity contribution in [2.45, 2.75) is 20.4 Å². The monoisotopic (exact) mass is 289 g/mol. The maximum Gasteiger partial charge on any atom is 0.320 e. The Morgan fingerprint density at radius 3 is 2.90 bits per heavy atom. The van der Waals surface area contributed by atoms with E-state index in [-0.39, 0.29) is 18.1 Å². The molecule has 0 saturated heterocycles. The lowest BCUT2D eigenvalue weighted by Crippen LogP contribution is -2.28. The van der Waals surface area contributed by atoms with Crippen molar-refractivity contribution in [3.05, 3.63) is 46.0 Å². The molecular formula is C15H19N3O3. The van der Waals surface area contributed by atoms with E-state index in [0.29, 0.717) is 24.5 Å². The van der Waals surface area contributed by atoms with Crippen molar-refractivity contribution in [3.8, 4) is 0 Å². The van der Waals surface area contributed by atoms with Gasteiger partial charge in [0.2, 0.25) is 0 Å². The number of hydrogen-bond acceptors (Lipinski definition) is 5. The van der Waals surface area contributed by atoms with Gasteiger partial charge >= 0.3 is 5.97 Å². The molecule has 0 aliphatic rings. The Kier molecular flexibility index (Phi) is 4.70. The average Bonchev–Trinajstić information content (AvgIpc) is 2.37. The van der Waals surface area contributed by atoms with Crippen LogP contribution in [0.2, 0.25) is 0 Å². The van der Waals surface area contributed by atoms with Crippen LogP contribution < -0.4 is 5.56 Å². The number of hydrogen-bond donors (Lipinski definition) is 0. The summed E-state index contributed by atoms with van der Waals surface area (Å²) in [6.07, 6.45) is 1.71. The van der Waals surface area contributed by atoms with Crippen LogP contribution in [0.4, 0.5) is 0 Å². The zero-order chi connectivity index (χ0) is 15.4. The molecule has 0 N–H and O–H groups in total. The van der Waals surface area contributed by atoms with E-state index in [0.717, 1.165) is 5.56 Å². The van der Waals surface area contributed by atoms with Crippen LogP contribution in [0.5, 0.6) is 0 Å². The molecule has 21 heavy (non-hydrogen) atoms. The first kappa shape index (κ1) is 15.2. The first-order valence-electron chi connectivity index (χ1n) is 6.82. The van der Waals surface area contributed by atoms with Gasteiger partial charge in [-0.25, -0.2) is 4.98 Å². The fraction of sp³-hybridized carbons (Fsp3) is 0.400. The summed E-state index contributed by atoms with van der Waals surface area (Å²) in [4.78, 5) is 29.7. The third-order valence-electron chi connectivity index (χ3n) is 3.01. The predicted molar refractivity (Wildman–Crippen MR) is 79.2 cm³/mol. The molecule has 2 rings (SSSR count). The van der Waals surface area contributed by atoms with Gasteiger partial charge in [0.05, 0.1) is 18.8 Å². The van der Waals surface area contributed by atoms with Crippen molar-refractivity contribution in [2.75, 3.05) is 20.2 Å². The van der Waals surface area contributed by atoms with Gasteiger partial charge in [-0.3, -0.25) is 18.9 Å². The summed E-state index contributed by atoms with van der Waals surface area (Å²) in [7, 11) is 1.79. The molecule has 0 unspecified atom stereocenters. The topological polar surface area (TPSA) is 63.9 Å². The average molecular weight is 289 g/mol. The minimum atomic E-state index is -0.284. The standard InChI is InChI=1S/C15H19N3O3/c1-4-21-15(20)10-17(3)9-12-8-14(19)18-6-5-11(2)7-13(18)16-12/h5-8H,4,9-10H2,1-3H3. The summed E-state index contributed by atoms with van der Waals surface area (Å²) in [6.45, 7) is 4.67. The van der Waals surface area contributed by atoms with Gasteiger partial charge in [0, 0.05) is 18.8 Å². The molecule has 0 aromatic carbocycles. The first-order chi connectivity index (χ1) is 9.99. The molecule has 6 nitrogen and oxygen atoms in total. The highest BCUT2D eigenvalue weighted by molar-refractivity contribution is 5.71. The quantitative estimate of drug-likeness (QED) is 0.768. The Morgan fingerprint density at radius 2 is 2.19 bits per heavy atom. The van der Waals surface area contributed by atoms with E-state index in [1.165, 1.54) is 10.5 Å². The molecule has 2 aromatic rings. The predicted octanol–water partition coefficient (Wildman–Crippen LogP) is 0.998. The largest absolute Gasteiger partial charge is 0.465 e. The molecule has 0 spiro atoms. The van der Waals surface area contributed by atoms with Gasteiger partial charge in [-0.2, -0.15) is 0 Å². The minimum Gasteiger partial charge on any atom is -0.465 e. The van der Waals surface area contributed by atoms with Crippen molar-refractivity contribution in [2.24, 2.45) is 0 Å². The molecular weight excluding hydrogens is 270 g/mol. The Bertz CT molecular complexity index is 709. The molecule has 112 valence electrons. The second-order valence-corrected chi connectivity index (χ2v) is 5.00. The number of carbonyl (C=O) groups is 1. The molecule has 0 atom stereocenters. The van der Waals surface area contributed by atoms with Gasteiger partial charge in [-0.05, 0) is 38.6 Å². The van der Waals surface area contributed by atoms with Crippen LogP contribution in [0.15, 0.2) is 29.2 Å². The van der Waals surface area contributed by atoms with Crippen molar-refractivity contribution in [3.63, 3.8) is 0 Å². The maximum atomic E-state index is 12.0. The fourth-order valence-electron chi connectivity index (χ4n) is 2.09. The Balaban J connectivity index is 2.19. The van der Waals surface area contributed by atoms with Crippen molar-refractivity contribution in [1.29, 1.82) is 0 Å². The zero-order valence-electron chi connectivity index (χ0n) is 12.5. The molecule has 0 radical (unpaired) electrons. The Morgan fingerprint density at radius 1 is 1.43 bits per heavy atom. The number of carbonyl (C=O) groups excluding carboxylic acids is 1. The van der Waals surface area contributed by atoms with Gasteiger partial charge in [-0.15, -0.1) is 0 Å². The normalized spacial score (nSPS) is 11.0. The molecule has 0 saturated carbocycles. The minimum absolute atomic E-state index is 0.125. The van der Waals surface area contributed by atoms with Gasteiger partial charge in [-0.1, -0.05) is 0 Å². The number of pyridine rings is 1. The molecule has 0 aliphatic heterocycles. The summed E-state index contributed by atoms with van der Waals surface area (Å²) < 4.78 is 6.39. The van der Waals surface area contributed by atoms with Crippen LogP contribution in [-0.2, 0) is 16.1 Å². The number of aromatic nitrogens is 2. The third-order valence-corrected chi connectivity index (χ3v) is 3.01. The molecule has 6 heteroatoms. The number of esters is 1. The van der Waals surface area contributed by atoms with E-state index in [4.69, 9.17) is 4.74 Å². The van der Waals surface area contributed by atoms with E-state index in [9.17, 15) is 9.59 Å². The first-order valence-corrected chi connectivity index (χ1v) is 6.82. The maximum absolute atomic E-state index is 12.0. The van der Waals surface area contributed by atoms with Crippen LogP contribution in [0, 0.1) is 6.92 Å². The zero-order valence-corrected chi connectivity index (χ0v) is 12.5. The summed E-state index contributed by atoms with van der Waals surface area (Å²) in [5.74, 6) is -0.284. The Hall–Kier alpha value is -2.21. The lowest BCUT2D eigenvalue weighted by Gasteiger charge is -2.15. The van der Waals surface area contributed by atoms with Gasteiger partial charge in [0.25, 0.3) is 5.56 Å². The summed E-state index contributed by atoms with van der Waals surface area (Å²) >= 11 is 0. The highest BCUT2D eigenvalue weighted by Gasteiger charge is 2.10. The van der Waals surface area contributed by atoms with Crippen molar-refractivity contribution < 1.29 is 9.53 Å². The molecule has 0 aliphatic carbocycles. The van der Waals surface area contributed by atoms with E-state index >= 15 is 0 Å². The fourth-order valence-corrected chi connectivity index (χ4v) is 2.09. The molecule has 2 aromatic heterocycles. The van der Waals surface area contributed by atoms with Crippen LogP contribution in [0.1, 0.15) is 18.2 Å². The van der Waals surface area contributed by atoms with E-state index in [2.05, 4.69) is 4.98 Å². The van der Waals surface area contributed by atoms with Crippen LogP contribution >= 0.6 is 0 Å². The van der Waals surface area contributed by atoms with E-state index < -0.39 is 0 Å². The van der Waals surface area contributed by atoms with Crippen molar-refractivity contribution in [1.82, 2.24) is 14.3 Å². The molecule has 0 amide bonds. The smallest absolute Gasteiger partial charge is 0.320 e. The Labute approximate surface area is 123 Å².